The van der Waals surface area contributed by atoms with E-state index in [1.807, 2.05) is 12.4 Å². The number of hydrogen-bond acceptors (Lipinski definition) is 2. The summed E-state index contributed by atoms with van der Waals surface area (Å²) in [6.07, 6.45) is 3.78. The number of para-hydroxylation sites is 2. The van der Waals surface area contributed by atoms with Gasteiger partial charge >= 0.3 is 0 Å². The SMILES string of the molecule is CC1(C)c2ccccc2-c2ccc(N(c3ccncc3)c3ccc4c(c3)C(C)(C)c3cc(-c5ccc6c(c5)c5ccccc5n6-c5ccccc5)ccc3-4)cc21. The van der Waals surface area contributed by atoms with Crippen molar-refractivity contribution in [2.75, 3.05) is 4.90 Å². The largest absolute Gasteiger partial charge is 0.310 e. The maximum Gasteiger partial charge on any atom is 0.0541 e. The molecule has 2 aliphatic carbocycles. The van der Waals surface area contributed by atoms with Crippen LogP contribution in [-0.2, 0) is 10.8 Å². The van der Waals surface area contributed by atoms with Crippen molar-refractivity contribution in [3.05, 3.63) is 198 Å². The average Bonchev–Trinajstić information content (AvgIpc) is 3.78. The van der Waals surface area contributed by atoms with Gasteiger partial charge in [0.2, 0.25) is 0 Å². The molecule has 0 atom stereocenters. The van der Waals surface area contributed by atoms with Crippen LogP contribution in [0.1, 0.15) is 49.9 Å². The lowest BCUT2D eigenvalue weighted by atomic mass is 9.81. The first-order chi connectivity index (χ1) is 27.3. The lowest BCUT2D eigenvalue weighted by molar-refractivity contribution is 0.660. The molecule has 0 spiro atoms. The second-order valence-electron chi connectivity index (χ2n) is 16.5. The molecule has 2 aromatic heterocycles. The van der Waals surface area contributed by atoms with E-state index in [-0.39, 0.29) is 10.8 Å². The van der Waals surface area contributed by atoms with Crippen molar-refractivity contribution in [1.82, 2.24) is 9.55 Å². The Hall–Kier alpha value is -6.71. The lowest BCUT2D eigenvalue weighted by Crippen LogP contribution is -2.18. The highest BCUT2D eigenvalue weighted by Crippen LogP contribution is 2.53. The molecular formula is C53H41N3. The van der Waals surface area contributed by atoms with E-state index < -0.39 is 0 Å². The molecule has 0 saturated heterocycles. The predicted octanol–water partition coefficient (Wildman–Crippen LogP) is 13.9. The molecule has 3 heteroatoms. The molecule has 2 aliphatic rings. The minimum atomic E-state index is -0.199. The minimum Gasteiger partial charge on any atom is -0.310 e. The summed E-state index contributed by atoms with van der Waals surface area (Å²) in [6, 6.07) is 60.6. The van der Waals surface area contributed by atoms with Gasteiger partial charge in [-0.2, -0.15) is 0 Å². The molecule has 0 saturated carbocycles. The number of fused-ring (bicyclic) bond motifs is 9. The van der Waals surface area contributed by atoms with E-state index in [9.17, 15) is 0 Å². The second-order valence-corrected chi connectivity index (χ2v) is 16.5. The van der Waals surface area contributed by atoms with Crippen LogP contribution in [0.25, 0.3) is 60.9 Å². The summed E-state index contributed by atoms with van der Waals surface area (Å²) < 4.78 is 2.38. The van der Waals surface area contributed by atoms with Crippen LogP contribution in [0.15, 0.2) is 176 Å². The van der Waals surface area contributed by atoms with Gasteiger partial charge in [0, 0.05) is 56.7 Å². The van der Waals surface area contributed by atoms with Crippen molar-refractivity contribution in [3.63, 3.8) is 0 Å². The minimum absolute atomic E-state index is 0.0887. The predicted molar refractivity (Wildman–Crippen MR) is 234 cm³/mol. The van der Waals surface area contributed by atoms with E-state index in [1.165, 1.54) is 83.1 Å². The molecule has 0 fully saturated rings. The van der Waals surface area contributed by atoms with Gasteiger partial charge in [0.1, 0.15) is 0 Å². The van der Waals surface area contributed by atoms with Gasteiger partial charge in [-0.15, -0.1) is 0 Å². The van der Waals surface area contributed by atoms with Crippen LogP contribution in [0.3, 0.4) is 0 Å². The number of aromatic nitrogens is 2. The van der Waals surface area contributed by atoms with E-state index in [4.69, 9.17) is 0 Å². The number of anilines is 3. The van der Waals surface area contributed by atoms with Gasteiger partial charge < -0.3 is 9.47 Å². The maximum atomic E-state index is 4.38. The first kappa shape index (κ1) is 32.7. The van der Waals surface area contributed by atoms with Gasteiger partial charge in [-0.25, -0.2) is 0 Å². The average molecular weight is 720 g/mol. The Morgan fingerprint density at radius 1 is 0.411 bits per heavy atom. The molecule has 0 N–H and O–H groups in total. The smallest absolute Gasteiger partial charge is 0.0541 e. The maximum absolute atomic E-state index is 4.38. The standard InChI is InChI=1S/C53H41N3/c1-52(2)46-16-10-8-14-40(46)42-23-20-38(32-48(42)52)55(37-26-28-54-29-27-37)39-21-24-43-41-22-18-35(31-47(41)53(3,4)49(43)33-39)34-19-25-51-45(30-34)44-15-9-11-17-50(44)56(51)36-12-6-5-7-13-36/h5-33H,1-4H3. The van der Waals surface area contributed by atoms with Crippen molar-refractivity contribution in [1.29, 1.82) is 0 Å². The summed E-state index contributed by atoms with van der Waals surface area (Å²) in [5, 5.41) is 2.54. The summed E-state index contributed by atoms with van der Waals surface area (Å²) in [7, 11) is 0. The monoisotopic (exact) mass is 719 g/mol. The van der Waals surface area contributed by atoms with Crippen LogP contribution >= 0.6 is 0 Å². The number of pyridine rings is 1. The van der Waals surface area contributed by atoms with Crippen LogP contribution in [0.4, 0.5) is 17.1 Å². The molecule has 0 bridgehead atoms. The molecular weight excluding hydrogens is 679 g/mol. The molecule has 56 heavy (non-hydrogen) atoms. The second kappa shape index (κ2) is 11.9. The Balaban J connectivity index is 1.00. The fourth-order valence-corrected chi connectivity index (χ4v) is 9.82. The van der Waals surface area contributed by atoms with Gasteiger partial charge in [-0.3, -0.25) is 4.98 Å². The molecule has 3 nitrogen and oxygen atoms in total. The number of rotatable bonds is 5. The fourth-order valence-electron chi connectivity index (χ4n) is 9.82. The lowest BCUT2D eigenvalue weighted by Gasteiger charge is -2.29. The van der Waals surface area contributed by atoms with E-state index in [0.29, 0.717) is 0 Å². The summed E-state index contributed by atoms with van der Waals surface area (Å²) in [6.45, 7) is 9.47. The first-order valence-electron chi connectivity index (χ1n) is 19.6. The van der Waals surface area contributed by atoms with Crippen molar-refractivity contribution in [2.24, 2.45) is 0 Å². The zero-order valence-electron chi connectivity index (χ0n) is 32.1. The van der Waals surface area contributed by atoms with Gasteiger partial charge in [0.15, 0.2) is 0 Å². The Morgan fingerprint density at radius 2 is 0.946 bits per heavy atom. The third-order valence-corrected chi connectivity index (χ3v) is 12.7. The molecule has 0 amide bonds. The zero-order valence-corrected chi connectivity index (χ0v) is 32.1. The number of benzene rings is 7. The van der Waals surface area contributed by atoms with Crippen molar-refractivity contribution >= 4 is 38.9 Å². The highest BCUT2D eigenvalue weighted by atomic mass is 15.1. The highest BCUT2D eigenvalue weighted by Gasteiger charge is 2.38. The Morgan fingerprint density at radius 3 is 1.68 bits per heavy atom. The van der Waals surface area contributed by atoms with Crippen molar-refractivity contribution in [3.8, 4) is 39.1 Å². The van der Waals surface area contributed by atoms with Gasteiger partial charge in [-0.05, 0) is 128 Å². The Kier molecular flexibility index (Phi) is 6.94. The summed E-state index contributed by atoms with van der Waals surface area (Å²) >= 11 is 0. The molecule has 7 aromatic carbocycles. The normalized spacial score (nSPS) is 14.4. The van der Waals surface area contributed by atoms with E-state index >= 15 is 0 Å². The van der Waals surface area contributed by atoms with Crippen molar-refractivity contribution in [2.45, 2.75) is 38.5 Å². The molecule has 0 unspecified atom stereocenters. The zero-order chi connectivity index (χ0) is 37.8. The molecule has 0 aliphatic heterocycles. The van der Waals surface area contributed by atoms with Crippen molar-refractivity contribution < 1.29 is 0 Å². The summed E-state index contributed by atoms with van der Waals surface area (Å²) in [4.78, 5) is 6.78. The van der Waals surface area contributed by atoms with Crippen LogP contribution < -0.4 is 4.90 Å². The summed E-state index contributed by atoms with van der Waals surface area (Å²) in [5.41, 5.74) is 19.9. The topological polar surface area (TPSA) is 21.1 Å². The first-order valence-corrected chi connectivity index (χ1v) is 19.6. The van der Waals surface area contributed by atoms with Crippen LogP contribution in [0.5, 0.6) is 0 Å². The van der Waals surface area contributed by atoms with Gasteiger partial charge in [0.25, 0.3) is 0 Å². The van der Waals surface area contributed by atoms with Gasteiger partial charge in [0.05, 0.1) is 11.0 Å². The Labute approximate surface area is 328 Å². The van der Waals surface area contributed by atoms with Crippen LogP contribution in [-0.4, -0.2) is 9.55 Å². The van der Waals surface area contributed by atoms with E-state index in [1.54, 1.807) is 0 Å². The quantitative estimate of drug-likeness (QED) is 0.177. The van der Waals surface area contributed by atoms with E-state index in [2.05, 4.69) is 206 Å². The number of hydrogen-bond donors (Lipinski definition) is 0. The third kappa shape index (κ3) is 4.67. The molecule has 0 radical (unpaired) electrons. The molecule has 2 heterocycles. The number of nitrogens with zero attached hydrogens (tertiary/aromatic N) is 3. The van der Waals surface area contributed by atoms with Crippen LogP contribution in [0.2, 0.25) is 0 Å². The van der Waals surface area contributed by atoms with Gasteiger partial charge in [-0.1, -0.05) is 119 Å². The molecule has 268 valence electrons. The van der Waals surface area contributed by atoms with E-state index in [0.717, 1.165) is 17.1 Å². The fraction of sp³-hybridized carbons (Fsp3) is 0.113. The third-order valence-electron chi connectivity index (χ3n) is 12.7. The molecule has 11 rings (SSSR count). The summed E-state index contributed by atoms with van der Waals surface area (Å²) in [5.74, 6) is 0. The highest BCUT2D eigenvalue weighted by molar-refractivity contribution is 6.10. The van der Waals surface area contributed by atoms with Crippen LogP contribution in [0, 0.1) is 0 Å². The molecule has 9 aromatic rings. The Bertz CT molecular complexity index is 3020.